The van der Waals surface area contributed by atoms with Gasteiger partial charge in [-0.25, -0.2) is 28.5 Å². The number of carbonyl (C=O) groups is 2. The molecule has 14 heteroatoms. The van der Waals surface area contributed by atoms with Crippen LogP contribution in [0, 0.1) is 10.8 Å². The molecule has 0 spiro atoms. The molecule has 2 aromatic carbocycles. The SMILES string of the molecule is COc1cc([C@H]2C3=CCn4c(=O)n(CCc5nc6cc(OC)c(OC)cc6n(C)c5=O)c(=O)n4[C@@H]3C[C@@]3(C)C(=O)C(C)=C(C)C(=O)[C@@]23C)ccc1O. The number of aryl methyl sites for hydroxylation is 2. The van der Waals surface area contributed by atoms with Gasteiger partial charge < -0.3 is 23.9 Å². The third-order valence-electron chi connectivity index (χ3n) is 12.0. The van der Waals surface area contributed by atoms with Gasteiger partial charge in [0.05, 0.1) is 50.4 Å². The van der Waals surface area contributed by atoms with Crippen molar-refractivity contribution in [2.24, 2.45) is 17.9 Å². The number of ketones is 2. The molecule has 1 fully saturated rings. The van der Waals surface area contributed by atoms with Crippen molar-refractivity contribution in [1.29, 1.82) is 0 Å². The van der Waals surface area contributed by atoms with Crippen LogP contribution in [0.1, 0.15) is 57.3 Å². The van der Waals surface area contributed by atoms with E-state index >= 15 is 0 Å². The number of aromatic nitrogens is 5. The van der Waals surface area contributed by atoms with Crippen molar-refractivity contribution in [2.45, 2.75) is 65.6 Å². The maximum atomic E-state index is 14.4. The number of aromatic hydroxyl groups is 1. The molecule has 0 saturated heterocycles. The average Bonchev–Trinajstić information content (AvgIpc) is 3.39. The summed E-state index contributed by atoms with van der Waals surface area (Å²) in [5, 5.41) is 10.5. The monoisotopic (exact) mass is 711 g/mol. The summed E-state index contributed by atoms with van der Waals surface area (Å²) in [5.74, 6) is -0.0754. The van der Waals surface area contributed by atoms with Crippen LogP contribution in [-0.4, -0.2) is 61.5 Å². The van der Waals surface area contributed by atoms with E-state index < -0.39 is 34.2 Å². The van der Waals surface area contributed by atoms with Crippen LogP contribution in [-0.2, 0) is 36.1 Å². The second kappa shape index (κ2) is 12.0. The predicted molar refractivity (Wildman–Crippen MR) is 190 cm³/mol. The fourth-order valence-electron chi connectivity index (χ4n) is 8.78. The predicted octanol–water partition coefficient (Wildman–Crippen LogP) is 3.20. The van der Waals surface area contributed by atoms with Crippen molar-refractivity contribution < 1.29 is 28.9 Å². The maximum Gasteiger partial charge on any atom is 0.347 e. The summed E-state index contributed by atoms with van der Waals surface area (Å²) in [7, 11) is 6.04. The van der Waals surface area contributed by atoms with Gasteiger partial charge in [-0.3, -0.25) is 14.4 Å². The van der Waals surface area contributed by atoms with Gasteiger partial charge in [-0.1, -0.05) is 26.0 Å². The average molecular weight is 712 g/mol. The summed E-state index contributed by atoms with van der Waals surface area (Å²) in [6, 6.07) is 7.42. The maximum absolute atomic E-state index is 14.4. The Kier molecular flexibility index (Phi) is 8.00. The molecule has 1 saturated carbocycles. The minimum Gasteiger partial charge on any atom is -0.504 e. The molecule has 0 radical (unpaired) electrons. The van der Waals surface area contributed by atoms with Crippen molar-refractivity contribution in [3.8, 4) is 23.0 Å². The van der Waals surface area contributed by atoms with Gasteiger partial charge in [-0.05, 0) is 54.7 Å². The van der Waals surface area contributed by atoms with Crippen LogP contribution in [0.15, 0.2) is 67.5 Å². The fraction of sp³-hybridized carbons (Fsp3) is 0.421. The highest BCUT2D eigenvalue weighted by molar-refractivity contribution is 6.17. The molecule has 3 heterocycles. The first-order chi connectivity index (χ1) is 24.6. The smallest absolute Gasteiger partial charge is 0.347 e. The molecule has 2 aromatic heterocycles. The summed E-state index contributed by atoms with van der Waals surface area (Å²) in [5.41, 5.74) is -0.808. The van der Waals surface area contributed by atoms with E-state index in [1.165, 1.54) is 41.3 Å². The highest BCUT2D eigenvalue weighted by Crippen LogP contribution is 2.66. The number of phenols is 1. The Morgan fingerprint density at radius 1 is 0.885 bits per heavy atom. The van der Waals surface area contributed by atoms with Crippen LogP contribution in [0.2, 0.25) is 0 Å². The van der Waals surface area contributed by atoms with Crippen molar-refractivity contribution in [2.75, 3.05) is 21.3 Å². The highest BCUT2D eigenvalue weighted by Gasteiger charge is 2.66. The number of Topliss-reactive ketones (excluding diaryl/α,β-unsaturated/α-hetero) is 2. The van der Waals surface area contributed by atoms with Gasteiger partial charge >= 0.3 is 11.4 Å². The van der Waals surface area contributed by atoms with Gasteiger partial charge in [-0.2, -0.15) is 0 Å². The fourth-order valence-corrected chi connectivity index (χ4v) is 8.78. The summed E-state index contributed by atoms with van der Waals surface area (Å²) >= 11 is 0. The van der Waals surface area contributed by atoms with Crippen molar-refractivity contribution >= 4 is 22.6 Å². The molecule has 7 rings (SSSR count). The zero-order valence-corrected chi connectivity index (χ0v) is 30.4. The van der Waals surface area contributed by atoms with Crippen LogP contribution in [0.5, 0.6) is 23.0 Å². The number of hydrogen-bond acceptors (Lipinski definition) is 10. The standard InChI is InChI=1S/C38H41N5O9/c1-19-20(2)33(46)38(4)31(21-9-10-27(44)28(15-21)50-6)22-11-14-42-35(48)41(36(49)43(42)26(22)18-37(38,3)32(19)45)13-12-23-34(47)40(5)25-17-30(52-8)29(51-7)16-24(25)39-23/h9-11,15-17,26,31,44H,12-14,18H2,1-8H3/t26-,31+,37+,38-/m1/s1. The molecule has 0 amide bonds. The van der Waals surface area contributed by atoms with Gasteiger partial charge in [-0.15, -0.1) is 0 Å². The first-order valence-electron chi connectivity index (χ1n) is 17.0. The number of ether oxygens (including phenoxy) is 3. The Morgan fingerprint density at radius 3 is 2.21 bits per heavy atom. The van der Waals surface area contributed by atoms with Crippen molar-refractivity contribution in [3.63, 3.8) is 0 Å². The molecule has 272 valence electrons. The molecule has 1 aliphatic heterocycles. The van der Waals surface area contributed by atoms with E-state index in [1.54, 1.807) is 52.1 Å². The Labute approximate surface area is 298 Å². The Balaban J connectivity index is 1.34. The van der Waals surface area contributed by atoms with E-state index in [0.717, 1.165) is 10.1 Å². The molecular weight excluding hydrogens is 670 g/mol. The summed E-state index contributed by atoms with van der Waals surface area (Å²) in [4.78, 5) is 75.0. The third-order valence-corrected chi connectivity index (χ3v) is 12.0. The summed E-state index contributed by atoms with van der Waals surface area (Å²) in [6.45, 7) is 6.82. The number of rotatable bonds is 7. The third kappa shape index (κ3) is 4.55. The lowest BCUT2D eigenvalue weighted by atomic mass is 9.43. The zero-order chi connectivity index (χ0) is 37.6. The molecule has 4 aromatic rings. The van der Waals surface area contributed by atoms with E-state index in [2.05, 4.69) is 4.98 Å². The molecule has 0 bridgehead atoms. The summed E-state index contributed by atoms with van der Waals surface area (Å²) < 4.78 is 21.5. The molecule has 2 aliphatic carbocycles. The number of hydrogen-bond donors (Lipinski definition) is 1. The van der Waals surface area contributed by atoms with E-state index in [9.17, 15) is 29.1 Å². The number of fused-ring (bicyclic) bond motifs is 5. The minimum absolute atomic E-state index is 0.0109. The first-order valence-corrected chi connectivity index (χ1v) is 17.0. The van der Waals surface area contributed by atoms with E-state index in [-0.39, 0.29) is 60.2 Å². The Morgan fingerprint density at radius 2 is 1.54 bits per heavy atom. The number of carbonyl (C=O) groups excluding carboxylic acids is 2. The van der Waals surface area contributed by atoms with Gasteiger partial charge in [0.2, 0.25) is 0 Å². The molecule has 52 heavy (non-hydrogen) atoms. The molecule has 1 N–H and O–H groups in total. The number of methoxy groups -OCH3 is 3. The van der Waals surface area contributed by atoms with Crippen LogP contribution >= 0.6 is 0 Å². The van der Waals surface area contributed by atoms with Gasteiger partial charge in [0.1, 0.15) is 5.69 Å². The minimum atomic E-state index is -1.27. The molecule has 3 aliphatic rings. The lowest BCUT2D eigenvalue weighted by Gasteiger charge is -2.58. The van der Waals surface area contributed by atoms with Crippen LogP contribution < -0.4 is 31.1 Å². The zero-order valence-electron chi connectivity index (χ0n) is 30.4. The Bertz CT molecular complexity index is 2480. The lowest BCUT2D eigenvalue weighted by molar-refractivity contribution is -0.151. The number of nitrogens with zero attached hydrogens (tertiary/aromatic N) is 5. The number of phenolic OH excluding ortho intramolecular Hbond substituents is 1. The topological polar surface area (TPSA) is 166 Å². The molecular formula is C38H41N5O9. The van der Waals surface area contributed by atoms with E-state index in [1.807, 2.05) is 13.0 Å². The van der Waals surface area contributed by atoms with Gasteiger partial charge in [0.25, 0.3) is 5.56 Å². The molecule has 4 atom stereocenters. The van der Waals surface area contributed by atoms with Crippen LogP contribution in [0.4, 0.5) is 0 Å². The first kappa shape index (κ1) is 34.8. The summed E-state index contributed by atoms with van der Waals surface area (Å²) in [6.07, 6.45) is 1.95. The largest absolute Gasteiger partial charge is 0.504 e. The second-order valence-corrected chi connectivity index (χ2v) is 14.2. The second-order valence-electron chi connectivity index (χ2n) is 14.2. The number of benzene rings is 2. The van der Waals surface area contributed by atoms with Crippen LogP contribution in [0.3, 0.4) is 0 Å². The van der Waals surface area contributed by atoms with Crippen molar-refractivity contribution in [3.05, 3.63) is 95.7 Å². The molecule has 0 unspecified atom stereocenters. The lowest BCUT2D eigenvalue weighted by Crippen LogP contribution is -2.61. The van der Waals surface area contributed by atoms with Crippen molar-refractivity contribution in [1.82, 2.24) is 23.5 Å². The Hall–Kier alpha value is -5.66. The quantitative estimate of drug-likeness (QED) is 0.282. The normalized spacial score (nSPS) is 24.0. The van der Waals surface area contributed by atoms with E-state index in [4.69, 9.17) is 14.2 Å². The molecule has 14 nitrogen and oxygen atoms in total. The van der Waals surface area contributed by atoms with Gasteiger partial charge in [0, 0.05) is 43.5 Å². The van der Waals surface area contributed by atoms with E-state index in [0.29, 0.717) is 39.2 Å². The van der Waals surface area contributed by atoms with Crippen LogP contribution in [0.25, 0.3) is 11.0 Å². The van der Waals surface area contributed by atoms with Gasteiger partial charge in [0.15, 0.2) is 34.6 Å². The highest BCUT2D eigenvalue weighted by atomic mass is 16.5. The number of allylic oxidation sites excluding steroid dienone is 4.